The maximum atomic E-state index is 13.6. The number of carbonyl (C=O) groups is 4. The van der Waals surface area contributed by atoms with E-state index in [1.807, 2.05) is 0 Å². The number of Topliss-reactive ketones (excluding diaryl/α,β-unsaturated/α-hetero) is 1. The number of nitro groups is 1. The third-order valence-corrected chi connectivity index (χ3v) is 10.8. The van der Waals surface area contributed by atoms with Gasteiger partial charge in [0.25, 0.3) is 23.4 Å². The minimum absolute atomic E-state index is 0.000306. The highest BCUT2D eigenvalue weighted by Gasteiger charge is 2.67. The third kappa shape index (κ3) is 3.88. The van der Waals surface area contributed by atoms with Crippen LogP contribution in [0.4, 0.5) is 5.69 Å². The first-order valence-corrected chi connectivity index (χ1v) is 13.3. The molecule has 9 nitrogen and oxygen atoms in total. The molecule has 0 aromatic heterocycles. The molecule has 1 saturated heterocycles. The quantitative estimate of drug-likeness (QED) is 0.153. The Kier molecular flexibility index (Phi) is 6.50. The van der Waals surface area contributed by atoms with E-state index in [2.05, 4.69) is 31.9 Å². The van der Waals surface area contributed by atoms with Gasteiger partial charge in [0, 0.05) is 27.4 Å². The molecular weight excluding hydrogens is 622 g/mol. The lowest BCUT2D eigenvalue weighted by atomic mass is 9.81. The first kappa shape index (κ1) is 25.0. The largest absolute Gasteiger partial charge is 0.292 e. The summed E-state index contributed by atoms with van der Waals surface area (Å²) < 4.78 is 0. The Labute approximate surface area is 227 Å². The first-order chi connectivity index (χ1) is 17.1. The molecule has 0 N–H and O–H groups in total. The summed E-state index contributed by atoms with van der Waals surface area (Å²) >= 11 is 13.5. The number of rotatable bonds is 6. The molecular formula is C24H18Br2ClN3O6. The standard InChI is InChI=1S/C24H18Br2ClN3O6/c25-20-14-9-15(21(20)26)19-18(14)23(33)29(24(19)34)28(22(32)13-6-1-2-7-16(13)27)10-17(31)11-4-3-5-12(8-11)30(35)36/h1-8,14-15,18-21H,9-10H2/t14-,15-,18-,19+,20+,21+/m1/s1. The van der Waals surface area contributed by atoms with Crippen molar-refractivity contribution in [3.05, 3.63) is 74.8 Å². The van der Waals surface area contributed by atoms with Gasteiger partial charge in [-0.2, -0.15) is 5.01 Å². The smallest absolute Gasteiger partial charge is 0.274 e. The molecule has 1 heterocycles. The molecule has 2 aromatic carbocycles. The highest BCUT2D eigenvalue weighted by Crippen LogP contribution is 2.60. The fourth-order valence-electron chi connectivity index (χ4n) is 5.60. The Morgan fingerprint density at radius 1 is 1.03 bits per heavy atom. The molecule has 0 radical (unpaired) electrons. The number of ketones is 1. The van der Waals surface area contributed by atoms with E-state index < -0.39 is 46.8 Å². The number of amides is 3. The Morgan fingerprint density at radius 2 is 1.64 bits per heavy atom. The number of nitrogens with zero attached hydrogens (tertiary/aromatic N) is 3. The molecule has 2 bridgehead atoms. The third-order valence-electron chi connectivity index (χ3n) is 7.22. The molecule has 1 aliphatic heterocycles. The van der Waals surface area contributed by atoms with E-state index in [4.69, 9.17) is 11.6 Å². The van der Waals surface area contributed by atoms with Crippen LogP contribution in [0.5, 0.6) is 0 Å². The topological polar surface area (TPSA) is 118 Å². The summed E-state index contributed by atoms with van der Waals surface area (Å²) in [6.45, 7) is -0.674. The van der Waals surface area contributed by atoms with Crippen molar-refractivity contribution in [3.8, 4) is 0 Å². The second-order valence-electron chi connectivity index (χ2n) is 9.07. The summed E-state index contributed by atoms with van der Waals surface area (Å²) in [6.07, 6.45) is 0.706. The fraction of sp³-hybridized carbons (Fsp3) is 0.333. The van der Waals surface area contributed by atoms with Crippen molar-refractivity contribution in [2.75, 3.05) is 6.54 Å². The van der Waals surface area contributed by atoms with Gasteiger partial charge in [-0.25, -0.2) is 5.01 Å². The highest BCUT2D eigenvalue weighted by atomic mass is 79.9. The molecule has 12 heteroatoms. The van der Waals surface area contributed by atoms with Crippen LogP contribution in [0.1, 0.15) is 27.1 Å². The number of non-ortho nitro benzene ring substituents is 1. The Balaban J connectivity index is 1.52. The second-order valence-corrected chi connectivity index (χ2v) is 11.6. The Morgan fingerprint density at radius 3 is 2.22 bits per heavy atom. The average molecular weight is 640 g/mol. The van der Waals surface area contributed by atoms with E-state index in [-0.39, 0.29) is 43.3 Å². The van der Waals surface area contributed by atoms with Crippen molar-refractivity contribution in [1.82, 2.24) is 10.0 Å². The number of fused-ring (bicyclic) bond motifs is 5. The zero-order chi connectivity index (χ0) is 25.9. The van der Waals surface area contributed by atoms with Crippen molar-refractivity contribution in [2.24, 2.45) is 23.7 Å². The Hall–Kier alpha value is -2.63. The molecule has 2 saturated carbocycles. The molecule has 36 heavy (non-hydrogen) atoms. The molecule has 0 unspecified atom stereocenters. The van der Waals surface area contributed by atoms with Gasteiger partial charge in [-0.15, -0.1) is 0 Å². The lowest BCUT2D eigenvalue weighted by Gasteiger charge is -2.31. The number of carbonyl (C=O) groups excluding carboxylic acids is 4. The average Bonchev–Trinajstić information content (AvgIpc) is 3.47. The maximum Gasteiger partial charge on any atom is 0.274 e. The van der Waals surface area contributed by atoms with Crippen LogP contribution in [0.25, 0.3) is 0 Å². The predicted octanol–water partition coefficient (Wildman–Crippen LogP) is 4.27. The first-order valence-electron chi connectivity index (χ1n) is 11.1. The van der Waals surface area contributed by atoms with Crippen molar-refractivity contribution < 1.29 is 24.1 Å². The fourth-order valence-corrected chi connectivity index (χ4v) is 7.69. The minimum atomic E-state index is -0.792. The van der Waals surface area contributed by atoms with Gasteiger partial charge in [-0.05, 0) is 30.4 Å². The van der Waals surface area contributed by atoms with Gasteiger partial charge in [0.2, 0.25) is 0 Å². The van der Waals surface area contributed by atoms with Crippen molar-refractivity contribution >= 4 is 72.7 Å². The lowest BCUT2D eigenvalue weighted by molar-refractivity contribution is -0.384. The van der Waals surface area contributed by atoms with Gasteiger partial charge in [0.05, 0.1) is 27.3 Å². The number of imide groups is 1. The van der Waals surface area contributed by atoms with E-state index in [0.717, 1.165) is 16.1 Å². The van der Waals surface area contributed by atoms with E-state index in [9.17, 15) is 29.3 Å². The normalized spacial score (nSPS) is 28.4. The van der Waals surface area contributed by atoms with Crippen LogP contribution in [0.3, 0.4) is 0 Å². The molecule has 3 amide bonds. The van der Waals surface area contributed by atoms with Gasteiger partial charge in [0.1, 0.15) is 6.54 Å². The molecule has 3 fully saturated rings. The summed E-state index contributed by atoms with van der Waals surface area (Å²) in [4.78, 5) is 64.6. The summed E-state index contributed by atoms with van der Waals surface area (Å²) in [5.74, 6) is -3.91. The number of hydrogen-bond acceptors (Lipinski definition) is 6. The van der Waals surface area contributed by atoms with Gasteiger partial charge < -0.3 is 0 Å². The monoisotopic (exact) mass is 637 g/mol. The zero-order valence-corrected chi connectivity index (χ0v) is 22.4. The number of alkyl halides is 2. The van der Waals surface area contributed by atoms with E-state index >= 15 is 0 Å². The molecule has 2 aromatic rings. The van der Waals surface area contributed by atoms with Gasteiger partial charge in [-0.1, -0.05) is 67.7 Å². The van der Waals surface area contributed by atoms with E-state index in [1.54, 1.807) is 12.1 Å². The minimum Gasteiger partial charge on any atom is -0.292 e. The van der Waals surface area contributed by atoms with Crippen LogP contribution < -0.4 is 0 Å². The predicted molar refractivity (Wildman–Crippen MR) is 136 cm³/mol. The zero-order valence-electron chi connectivity index (χ0n) is 18.4. The van der Waals surface area contributed by atoms with Crippen LogP contribution in [0, 0.1) is 33.8 Å². The van der Waals surface area contributed by atoms with Crippen LogP contribution in [-0.4, -0.2) is 54.6 Å². The van der Waals surface area contributed by atoms with Crippen LogP contribution in [-0.2, 0) is 9.59 Å². The molecule has 0 spiro atoms. The summed E-state index contributed by atoms with van der Waals surface area (Å²) in [5, 5.41) is 12.9. The Bertz CT molecular complexity index is 1290. The van der Waals surface area contributed by atoms with Crippen molar-refractivity contribution in [3.63, 3.8) is 0 Å². The van der Waals surface area contributed by atoms with Gasteiger partial charge >= 0.3 is 0 Å². The number of nitro benzene ring substituents is 1. The number of hydrogen-bond donors (Lipinski definition) is 0. The number of halogens is 3. The summed E-state index contributed by atoms with van der Waals surface area (Å²) in [5.41, 5.74) is -0.305. The van der Waals surface area contributed by atoms with Gasteiger partial charge in [0.15, 0.2) is 5.78 Å². The maximum absolute atomic E-state index is 13.6. The molecule has 5 rings (SSSR count). The summed E-state index contributed by atoms with van der Waals surface area (Å²) in [6, 6.07) is 11.2. The number of hydrazine groups is 1. The van der Waals surface area contributed by atoms with Crippen LogP contribution in [0.15, 0.2) is 48.5 Å². The molecule has 3 aliphatic rings. The highest BCUT2D eigenvalue weighted by molar-refractivity contribution is 9.12. The molecule has 6 atom stereocenters. The molecule has 2 aliphatic carbocycles. The van der Waals surface area contributed by atoms with E-state index in [0.29, 0.717) is 6.42 Å². The lowest BCUT2D eigenvalue weighted by Crippen LogP contribution is -2.52. The van der Waals surface area contributed by atoms with Crippen LogP contribution >= 0.6 is 43.5 Å². The molecule has 186 valence electrons. The van der Waals surface area contributed by atoms with Crippen LogP contribution in [0.2, 0.25) is 5.02 Å². The number of benzene rings is 2. The van der Waals surface area contributed by atoms with E-state index in [1.165, 1.54) is 30.3 Å². The van der Waals surface area contributed by atoms with Gasteiger partial charge in [-0.3, -0.25) is 29.3 Å². The van der Waals surface area contributed by atoms with Crippen molar-refractivity contribution in [1.29, 1.82) is 0 Å². The second kappa shape index (κ2) is 9.35. The summed E-state index contributed by atoms with van der Waals surface area (Å²) in [7, 11) is 0. The SMILES string of the molecule is O=C(CN(C(=O)c1ccccc1Cl)N1C(=O)[C@@H]2[C@H]3C[C@@H]([C@H](Br)[C@H]3Br)[C@@H]2C1=O)c1cccc([N+](=O)[O-])c1. The van der Waals surface area contributed by atoms with Crippen molar-refractivity contribution in [2.45, 2.75) is 16.1 Å².